The summed E-state index contributed by atoms with van der Waals surface area (Å²) in [5.41, 5.74) is 1.94. The van der Waals surface area contributed by atoms with Crippen molar-refractivity contribution in [1.29, 1.82) is 0 Å². The van der Waals surface area contributed by atoms with Gasteiger partial charge < -0.3 is 10.4 Å². The number of hydrogen-bond donors (Lipinski definition) is 2. The molecule has 0 aliphatic rings. The van der Waals surface area contributed by atoms with Crippen molar-refractivity contribution in [3.8, 4) is 0 Å². The molecule has 1 atom stereocenters. The first-order valence-corrected chi connectivity index (χ1v) is 6.87. The molecule has 5 heteroatoms. The van der Waals surface area contributed by atoms with E-state index in [2.05, 4.69) is 21.2 Å². The zero-order valence-electron chi connectivity index (χ0n) is 11.2. The van der Waals surface area contributed by atoms with E-state index in [9.17, 15) is 9.59 Å². The molecule has 0 radical (unpaired) electrons. The molecule has 0 spiro atoms. The number of halogens is 1. The van der Waals surface area contributed by atoms with Crippen LogP contribution in [0.1, 0.15) is 25.0 Å². The van der Waals surface area contributed by atoms with E-state index in [1.165, 1.54) is 0 Å². The fraction of sp³-hybridized carbons (Fsp3) is 0.429. The van der Waals surface area contributed by atoms with E-state index in [0.29, 0.717) is 0 Å². The summed E-state index contributed by atoms with van der Waals surface area (Å²) in [6.45, 7) is 5.50. The van der Waals surface area contributed by atoms with Crippen LogP contribution in [0.25, 0.3) is 0 Å². The summed E-state index contributed by atoms with van der Waals surface area (Å²) < 4.78 is 0.941. The Bertz CT molecular complexity index is 486. The van der Waals surface area contributed by atoms with Gasteiger partial charge in [-0.3, -0.25) is 4.79 Å². The van der Waals surface area contributed by atoms with Crippen molar-refractivity contribution in [2.45, 2.75) is 33.2 Å². The first-order chi connectivity index (χ1) is 8.81. The molecule has 0 saturated heterocycles. The largest absolute Gasteiger partial charge is 0.480 e. The van der Waals surface area contributed by atoms with Crippen LogP contribution in [0.15, 0.2) is 22.7 Å². The number of nitrogens with one attached hydrogen (secondary N) is 1. The van der Waals surface area contributed by atoms with Gasteiger partial charge in [-0.05, 0) is 30.0 Å². The summed E-state index contributed by atoms with van der Waals surface area (Å²) in [7, 11) is 0. The summed E-state index contributed by atoms with van der Waals surface area (Å²) in [6, 6.07) is 4.82. The van der Waals surface area contributed by atoms with Crippen LogP contribution in [-0.4, -0.2) is 23.0 Å². The Morgan fingerprint density at radius 2 is 2.00 bits per heavy atom. The lowest BCUT2D eigenvalue weighted by Crippen LogP contribution is -2.44. The van der Waals surface area contributed by atoms with E-state index >= 15 is 0 Å². The summed E-state index contributed by atoms with van der Waals surface area (Å²) in [4.78, 5) is 22.8. The molecule has 4 nitrogen and oxygen atoms in total. The molecule has 0 aliphatic heterocycles. The summed E-state index contributed by atoms with van der Waals surface area (Å²) >= 11 is 3.41. The fourth-order valence-electron chi connectivity index (χ4n) is 1.67. The standard InChI is InChI=1S/C14H18BrNO3/c1-8(2)13(14(18)19)16-12(17)7-10-5-4-9(3)11(15)6-10/h4-6,8,13H,7H2,1-3H3,(H,16,17)(H,18,19)/t13-/m0/s1. The predicted octanol–water partition coefficient (Wildman–Crippen LogP) is 2.53. The van der Waals surface area contributed by atoms with Crippen LogP contribution in [0.5, 0.6) is 0 Å². The monoisotopic (exact) mass is 327 g/mol. The summed E-state index contributed by atoms with van der Waals surface area (Å²) in [5.74, 6) is -1.43. The molecule has 0 unspecified atom stereocenters. The number of carboxylic acid groups (broad SMARTS) is 1. The Kier molecular flexibility index (Phi) is 5.54. The molecule has 0 saturated carbocycles. The van der Waals surface area contributed by atoms with Gasteiger partial charge in [0.15, 0.2) is 0 Å². The van der Waals surface area contributed by atoms with Gasteiger partial charge in [0.1, 0.15) is 6.04 Å². The highest BCUT2D eigenvalue weighted by molar-refractivity contribution is 9.10. The van der Waals surface area contributed by atoms with Gasteiger partial charge in [0.05, 0.1) is 6.42 Å². The molecule has 1 aromatic carbocycles. The smallest absolute Gasteiger partial charge is 0.326 e. The van der Waals surface area contributed by atoms with Crippen molar-refractivity contribution in [3.63, 3.8) is 0 Å². The molecule has 0 fully saturated rings. The van der Waals surface area contributed by atoms with Gasteiger partial charge in [-0.25, -0.2) is 4.79 Å². The summed E-state index contributed by atoms with van der Waals surface area (Å²) in [5, 5.41) is 11.6. The van der Waals surface area contributed by atoms with Crippen molar-refractivity contribution >= 4 is 27.8 Å². The predicted molar refractivity (Wildman–Crippen MR) is 77.0 cm³/mol. The molecule has 1 rings (SSSR count). The van der Waals surface area contributed by atoms with Crippen LogP contribution in [-0.2, 0) is 16.0 Å². The van der Waals surface area contributed by atoms with Gasteiger partial charge in [0.25, 0.3) is 0 Å². The van der Waals surface area contributed by atoms with Crippen molar-refractivity contribution in [2.75, 3.05) is 0 Å². The lowest BCUT2D eigenvalue weighted by molar-refractivity contribution is -0.143. The maximum atomic E-state index is 11.8. The topological polar surface area (TPSA) is 66.4 Å². The second-order valence-electron chi connectivity index (χ2n) is 4.89. The van der Waals surface area contributed by atoms with E-state index in [4.69, 9.17) is 5.11 Å². The molecular weight excluding hydrogens is 310 g/mol. The van der Waals surface area contributed by atoms with Crippen LogP contribution in [0.3, 0.4) is 0 Å². The Labute approximate surface area is 121 Å². The highest BCUT2D eigenvalue weighted by Gasteiger charge is 2.23. The number of aryl methyl sites for hydroxylation is 1. The normalized spacial score (nSPS) is 12.3. The molecule has 104 valence electrons. The highest BCUT2D eigenvalue weighted by Crippen LogP contribution is 2.17. The van der Waals surface area contributed by atoms with Crippen LogP contribution in [0.4, 0.5) is 0 Å². The average molecular weight is 328 g/mol. The van der Waals surface area contributed by atoms with Gasteiger partial charge in [-0.2, -0.15) is 0 Å². The lowest BCUT2D eigenvalue weighted by atomic mass is 10.0. The molecule has 0 aromatic heterocycles. The SMILES string of the molecule is Cc1ccc(CC(=O)N[C@H](C(=O)O)C(C)C)cc1Br. The van der Waals surface area contributed by atoms with Gasteiger partial charge in [0.2, 0.25) is 5.91 Å². The molecule has 1 aromatic rings. The van der Waals surface area contributed by atoms with Crippen LogP contribution >= 0.6 is 15.9 Å². The van der Waals surface area contributed by atoms with E-state index in [0.717, 1.165) is 15.6 Å². The van der Waals surface area contributed by atoms with Gasteiger partial charge >= 0.3 is 5.97 Å². The third kappa shape index (κ3) is 4.67. The van der Waals surface area contributed by atoms with Gasteiger partial charge in [-0.15, -0.1) is 0 Å². The van der Waals surface area contributed by atoms with Gasteiger partial charge in [0, 0.05) is 4.47 Å². The number of benzene rings is 1. The second-order valence-corrected chi connectivity index (χ2v) is 5.74. The fourth-order valence-corrected chi connectivity index (χ4v) is 2.10. The van der Waals surface area contributed by atoms with Crippen LogP contribution < -0.4 is 5.32 Å². The zero-order chi connectivity index (χ0) is 14.6. The molecule has 19 heavy (non-hydrogen) atoms. The summed E-state index contributed by atoms with van der Waals surface area (Å²) in [6.07, 6.45) is 0.176. The van der Waals surface area contributed by atoms with Crippen molar-refractivity contribution in [2.24, 2.45) is 5.92 Å². The van der Waals surface area contributed by atoms with Crippen molar-refractivity contribution in [3.05, 3.63) is 33.8 Å². The maximum absolute atomic E-state index is 11.8. The Hall–Kier alpha value is -1.36. The molecule has 1 amide bonds. The van der Waals surface area contributed by atoms with E-state index in [1.54, 1.807) is 13.8 Å². The minimum atomic E-state index is -1.01. The average Bonchev–Trinajstić information content (AvgIpc) is 2.30. The first-order valence-electron chi connectivity index (χ1n) is 6.08. The van der Waals surface area contributed by atoms with Crippen LogP contribution in [0.2, 0.25) is 0 Å². The number of hydrogen-bond acceptors (Lipinski definition) is 2. The molecule has 2 N–H and O–H groups in total. The second kappa shape index (κ2) is 6.70. The molecular formula is C14H18BrNO3. The quantitative estimate of drug-likeness (QED) is 0.873. The molecule has 0 bridgehead atoms. The highest BCUT2D eigenvalue weighted by atomic mass is 79.9. The number of aliphatic carboxylic acids is 1. The van der Waals surface area contributed by atoms with Gasteiger partial charge in [-0.1, -0.05) is 41.9 Å². The third-order valence-corrected chi connectivity index (χ3v) is 3.70. The third-order valence-electron chi connectivity index (χ3n) is 2.85. The lowest BCUT2D eigenvalue weighted by Gasteiger charge is -2.17. The number of carbonyl (C=O) groups is 2. The minimum Gasteiger partial charge on any atom is -0.480 e. The Morgan fingerprint density at radius 1 is 1.37 bits per heavy atom. The van der Waals surface area contributed by atoms with E-state index in [1.807, 2.05) is 25.1 Å². The van der Waals surface area contributed by atoms with E-state index in [-0.39, 0.29) is 18.2 Å². The number of rotatable bonds is 5. The van der Waals surface area contributed by atoms with Crippen molar-refractivity contribution in [1.82, 2.24) is 5.32 Å². The number of carbonyl (C=O) groups excluding carboxylic acids is 1. The minimum absolute atomic E-state index is 0.147. The maximum Gasteiger partial charge on any atom is 0.326 e. The molecule has 0 heterocycles. The zero-order valence-corrected chi connectivity index (χ0v) is 12.8. The first kappa shape index (κ1) is 15.7. The Morgan fingerprint density at radius 3 is 2.47 bits per heavy atom. The van der Waals surface area contributed by atoms with E-state index < -0.39 is 12.0 Å². The van der Waals surface area contributed by atoms with Crippen molar-refractivity contribution < 1.29 is 14.7 Å². The molecule has 0 aliphatic carbocycles. The number of amides is 1. The van der Waals surface area contributed by atoms with Crippen LogP contribution in [0, 0.1) is 12.8 Å². The number of carboxylic acids is 1. The Balaban J connectivity index is 2.69.